The maximum Gasteiger partial charge on any atom is 0.339 e. The van der Waals surface area contributed by atoms with Crippen molar-refractivity contribution in [1.82, 2.24) is 34.8 Å². The molecule has 0 bridgehead atoms. The minimum Gasteiger partial charge on any atom is -0.456 e. The predicted octanol–water partition coefficient (Wildman–Crippen LogP) is 1.05. The van der Waals surface area contributed by atoms with Crippen LogP contribution >= 0.6 is 11.6 Å². The second-order valence-electron chi connectivity index (χ2n) is 9.14. The number of nitrogens with one attached hydrogen (secondary N) is 3. The Balaban J connectivity index is 1.38. The first-order valence-corrected chi connectivity index (χ1v) is 13.4. The molecule has 1 fully saturated rings. The third-order valence-electron chi connectivity index (χ3n) is 6.61. The number of carbonyl (C=O) groups excluding carboxylic acids is 2. The summed E-state index contributed by atoms with van der Waals surface area (Å²) in [6.45, 7) is 0.980. The maximum atomic E-state index is 13.5. The largest absolute Gasteiger partial charge is 0.456 e. The number of halogens is 1. The topological polar surface area (TPSA) is 130 Å². The Labute approximate surface area is 213 Å². The number of aromatic nitrogens is 1. The van der Waals surface area contributed by atoms with Gasteiger partial charge in [-0.15, -0.1) is 0 Å². The van der Waals surface area contributed by atoms with E-state index in [9.17, 15) is 18.0 Å². The molecule has 4 heterocycles. The molecule has 0 spiro atoms. The minimum absolute atomic E-state index is 0.00703. The summed E-state index contributed by atoms with van der Waals surface area (Å²) in [7, 11) is -0.643. The molecule has 3 aliphatic rings. The van der Waals surface area contributed by atoms with E-state index >= 15 is 0 Å². The molecule has 1 aromatic heterocycles. The van der Waals surface area contributed by atoms with Gasteiger partial charge in [0, 0.05) is 69.0 Å². The maximum absolute atomic E-state index is 13.5. The van der Waals surface area contributed by atoms with Gasteiger partial charge in [-0.05, 0) is 24.3 Å². The molecular weight excluding hydrogens is 510 g/mol. The highest BCUT2D eigenvalue weighted by Gasteiger charge is 2.40. The summed E-state index contributed by atoms with van der Waals surface area (Å²) in [5.74, 6) is 0.313. The summed E-state index contributed by atoms with van der Waals surface area (Å²) in [5, 5.41) is 5.79. The number of carbonyl (C=O) groups is 2. The Morgan fingerprint density at radius 1 is 1.19 bits per heavy atom. The number of urea groups is 1. The molecule has 12 nitrogen and oxygen atoms in total. The van der Waals surface area contributed by atoms with Crippen molar-refractivity contribution < 1.29 is 22.7 Å². The number of rotatable bonds is 4. The summed E-state index contributed by atoms with van der Waals surface area (Å²) in [6.07, 6.45) is 0.598. The Kier molecular flexibility index (Phi) is 6.39. The van der Waals surface area contributed by atoms with E-state index in [1.165, 1.54) is 14.2 Å². The van der Waals surface area contributed by atoms with Gasteiger partial charge < -0.3 is 24.8 Å². The minimum atomic E-state index is -3.90. The normalized spacial score (nSPS) is 20.6. The Bertz CT molecular complexity index is 1340. The van der Waals surface area contributed by atoms with Gasteiger partial charge >= 0.3 is 6.03 Å². The molecule has 1 atom stereocenters. The number of hydrazine groups is 1. The van der Waals surface area contributed by atoms with Crippen LogP contribution in [0.5, 0.6) is 0 Å². The number of sulfonamides is 1. The average molecular weight is 538 g/mol. The van der Waals surface area contributed by atoms with Gasteiger partial charge in [-0.1, -0.05) is 11.6 Å². The molecular formula is C22H28ClN7O5S. The highest BCUT2D eigenvalue weighted by Crippen LogP contribution is 2.27. The highest BCUT2D eigenvalue weighted by molar-refractivity contribution is 7.89. The van der Waals surface area contributed by atoms with Gasteiger partial charge in [0.2, 0.25) is 11.8 Å². The lowest BCUT2D eigenvalue weighted by Gasteiger charge is -2.43. The molecule has 0 radical (unpaired) electrons. The molecule has 0 aliphatic carbocycles. The molecule has 5 rings (SSSR count). The van der Waals surface area contributed by atoms with Crippen molar-refractivity contribution in [2.24, 2.45) is 0 Å². The number of hydrogen-bond acceptors (Lipinski definition) is 7. The van der Waals surface area contributed by atoms with Crippen LogP contribution in [-0.4, -0.2) is 97.5 Å². The monoisotopic (exact) mass is 537 g/mol. The van der Waals surface area contributed by atoms with Gasteiger partial charge in [0.1, 0.15) is 5.03 Å². The molecule has 14 heteroatoms. The van der Waals surface area contributed by atoms with Crippen LogP contribution in [0.4, 0.5) is 4.79 Å². The van der Waals surface area contributed by atoms with E-state index in [1.54, 1.807) is 43.3 Å². The number of H-pyrrole nitrogens is 1. The number of ether oxygens (including phenoxy) is 1. The summed E-state index contributed by atoms with van der Waals surface area (Å²) in [5.41, 5.74) is 4.55. The van der Waals surface area contributed by atoms with E-state index in [-0.39, 0.29) is 43.0 Å². The van der Waals surface area contributed by atoms with Gasteiger partial charge in [-0.2, -0.15) is 4.31 Å². The average Bonchev–Trinajstić information content (AvgIpc) is 3.50. The molecule has 0 saturated carbocycles. The number of hydrogen-bond donors (Lipinski definition) is 3. The van der Waals surface area contributed by atoms with Crippen molar-refractivity contribution in [3.63, 3.8) is 0 Å². The van der Waals surface area contributed by atoms with Gasteiger partial charge in [0.25, 0.3) is 10.0 Å². The van der Waals surface area contributed by atoms with Crippen molar-refractivity contribution in [3.05, 3.63) is 40.9 Å². The third kappa shape index (κ3) is 4.53. The molecule has 1 aromatic carbocycles. The fourth-order valence-electron chi connectivity index (χ4n) is 4.58. The van der Waals surface area contributed by atoms with Crippen molar-refractivity contribution in [1.29, 1.82) is 0 Å². The SMILES string of the molecule is CN(C)C(=O)CC1CN(S(=O)(=O)c2cc3cc(Cl)ccc3[nH]2)CCN1C(=O)N1CCC2=C(N1)OCN2. The molecule has 3 N–H and O–H groups in total. The van der Waals surface area contributed by atoms with Gasteiger partial charge in [0.15, 0.2) is 6.73 Å². The molecule has 2 aromatic rings. The fourth-order valence-corrected chi connectivity index (χ4v) is 6.24. The van der Waals surface area contributed by atoms with Crippen molar-refractivity contribution >= 4 is 44.5 Å². The molecule has 3 aliphatic heterocycles. The lowest BCUT2D eigenvalue weighted by atomic mass is 10.1. The molecule has 1 saturated heterocycles. The van der Waals surface area contributed by atoms with Gasteiger partial charge in [-0.3, -0.25) is 10.2 Å². The van der Waals surface area contributed by atoms with Crippen LogP contribution in [0.2, 0.25) is 5.02 Å². The lowest BCUT2D eigenvalue weighted by molar-refractivity contribution is -0.130. The van der Waals surface area contributed by atoms with Crippen LogP contribution in [0.15, 0.2) is 40.9 Å². The molecule has 194 valence electrons. The predicted molar refractivity (Wildman–Crippen MR) is 132 cm³/mol. The summed E-state index contributed by atoms with van der Waals surface area (Å²) < 4.78 is 33.8. The Morgan fingerprint density at radius 2 is 2.00 bits per heavy atom. The molecule has 3 amide bonds. The first-order valence-electron chi connectivity index (χ1n) is 11.6. The van der Waals surface area contributed by atoms with E-state index in [1.807, 2.05) is 0 Å². The van der Waals surface area contributed by atoms with Crippen LogP contribution < -0.4 is 10.7 Å². The van der Waals surface area contributed by atoms with Crippen LogP contribution in [0, 0.1) is 0 Å². The number of fused-ring (bicyclic) bond motifs is 1. The van der Waals surface area contributed by atoms with Crippen LogP contribution in [0.3, 0.4) is 0 Å². The van der Waals surface area contributed by atoms with Crippen molar-refractivity contribution in [2.75, 3.05) is 47.0 Å². The quantitative estimate of drug-likeness (QED) is 0.531. The first kappa shape index (κ1) is 24.5. The van der Waals surface area contributed by atoms with E-state index < -0.39 is 16.1 Å². The standard InChI is InChI=1S/C22H28ClN7O5S/c1-27(2)20(31)11-16-12-28(36(33,34)19-10-14-9-15(23)3-4-17(14)25-19)7-8-29(16)22(32)30-6-5-18-21(26-30)35-13-24-18/h3-4,9-10,16,24-26H,5-8,11-13H2,1-2H3. The van der Waals surface area contributed by atoms with E-state index in [0.29, 0.717) is 41.5 Å². The molecule has 36 heavy (non-hydrogen) atoms. The highest BCUT2D eigenvalue weighted by atomic mass is 35.5. The van der Waals surface area contributed by atoms with E-state index in [2.05, 4.69) is 15.7 Å². The van der Waals surface area contributed by atoms with Crippen LogP contribution in [0.1, 0.15) is 12.8 Å². The van der Waals surface area contributed by atoms with Crippen molar-refractivity contribution in [3.8, 4) is 0 Å². The zero-order chi connectivity index (χ0) is 25.6. The zero-order valence-corrected chi connectivity index (χ0v) is 21.5. The Morgan fingerprint density at radius 3 is 2.78 bits per heavy atom. The number of aromatic amines is 1. The summed E-state index contributed by atoms with van der Waals surface area (Å²) in [6, 6.07) is 5.68. The van der Waals surface area contributed by atoms with E-state index in [0.717, 1.165) is 5.70 Å². The fraction of sp³-hybridized carbons (Fsp3) is 0.455. The number of nitrogens with zero attached hydrogens (tertiary/aromatic N) is 4. The van der Waals surface area contributed by atoms with Crippen LogP contribution in [-0.2, 0) is 19.6 Å². The molecule has 1 unspecified atom stereocenters. The summed E-state index contributed by atoms with van der Waals surface area (Å²) >= 11 is 6.05. The zero-order valence-electron chi connectivity index (χ0n) is 20.0. The third-order valence-corrected chi connectivity index (χ3v) is 8.63. The van der Waals surface area contributed by atoms with Crippen molar-refractivity contribution in [2.45, 2.75) is 23.9 Å². The first-order chi connectivity index (χ1) is 17.1. The van der Waals surface area contributed by atoms with Gasteiger partial charge in [-0.25, -0.2) is 18.2 Å². The second kappa shape index (κ2) is 9.37. The summed E-state index contributed by atoms with van der Waals surface area (Å²) in [4.78, 5) is 32.0. The number of piperazine rings is 1. The van der Waals surface area contributed by atoms with E-state index in [4.69, 9.17) is 16.3 Å². The number of amides is 3. The second-order valence-corrected chi connectivity index (χ2v) is 11.5. The smallest absolute Gasteiger partial charge is 0.339 e. The Hall–Kier alpha value is -3.16. The number of benzene rings is 1. The van der Waals surface area contributed by atoms with Crippen LogP contribution in [0.25, 0.3) is 10.9 Å². The lowest BCUT2D eigenvalue weighted by Crippen LogP contribution is -2.62. The van der Waals surface area contributed by atoms with Gasteiger partial charge in [0.05, 0.1) is 11.7 Å².